The smallest absolute Gasteiger partial charge is 0.153 e. The minimum Gasteiger partial charge on any atom is -0.455 e. The average molecular weight is 561 g/mol. The van der Waals surface area contributed by atoms with Crippen LogP contribution in [0.4, 0.5) is 11.4 Å². The maximum Gasteiger partial charge on any atom is 0.153 e. The molecule has 0 amide bonds. The fraction of sp³-hybridized carbons (Fsp3) is 0.0769. The van der Waals surface area contributed by atoms with Crippen molar-refractivity contribution in [3.05, 3.63) is 167 Å². The molecular weight excluding hydrogens is 528 g/mol. The molecule has 0 atom stereocenters. The minimum atomic E-state index is -0.534. The van der Waals surface area contributed by atoms with Crippen LogP contribution < -0.4 is 20.9 Å². The molecular formula is C39H32N2O2. The molecule has 0 unspecified atom stereocenters. The van der Waals surface area contributed by atoms with E-state index >= 15 is 0 Å². The Morgan fingerprint density at radius 3 is 1.23 bits per heavy atom. The number of hydrogen-bond acceptors (Lipinski definition) is 4. The first-order valence-corrected chi connectivity index (χ1v) is 14.4. The van der Waals surface area contributed by atoms with Crippen LogP contribution in [0.2, 0.25) is 0 Å². The molecule has 6 aromatic carbocycles. The molecule has 4 nitrogen and oxygen atoms in total. The molecule has 0 radical (unpaired) electrons. The monoisotopic (exact) mass is 560 g/mol. The van der Waals surface area contributed by atoms with Gasteiger partial charge in [-0.3, -0.25) is 0 Å². The molecule has 43 heavy (non-hydrogen) atoms. The van der Waals surface area contributed by atoms with E-state index in [2.05, 4.69) is 72.8 Å². The zero-order chi connectivity index (χ0) is 29.6. The second-order valence-corrected chi connectivity index (χ2v) is 11.1. The predicted octanol–water partition coefficient (Wildman–Crippen LogP) is 9.42. The van der Waals surface area contributed by atoms with E-state index in [-0.39, 0.29) is 0 Å². The molecule has 0 spiro atoms. The summed E-state index contributed by atoms with van der Waals surface area (Å²) in [7, 11) is 0. The van der Waals surface area contributed by atoms with Crippen molar-refractivity contribution in [2.24, 2.45) is 0 Å². The molecule has 0 saturated carbocycles. The van der Waals surface area contributed by atoms with Gasteiger partial charge in [0.25, 0.3) is 0 Å². The first-order valence-electron chi connectivity index (χ1n) is 14.4. The lowest BCUT2D eigenvalue weighted by molar-refractivity contribution is 0.480. The summed E-state index contributed by atoms with van der Waals surface area (Å²) in [6.45, 7) is 4.00. The van der Waals surface area contributed by atoms with Gasteiger partial charge in [-0.25, -0.2) is 0 Å². The number of rotatable bonds is 6. The molecule has 210 valence electrons. The Labute approximate surface area is 252 Å². The lowest BCUT2D eigenvalue weighted by Crippen LogP contribution is -2.28. The SMILES string of the molecule is Cc1cccc(N)c1Oc1ccc(C2(c3ccc(Oc4c(C)cccc4N)cc3)c3ccccc3-c3ccccc32)cc1. The van der Waals surface area contributed by atoms with Crippen LogP contribution in [-0.4, -0.2) is 0 Å². The van der Waals surface area contributed by atoms with Crippen molar-refractivity contribution in [3.63, 3.8) is 0 Å². The maximum atomic E-state index is 6.27. The van der Waals surface area contributed by atoms with Crippen molar-refractivity contribution in [2.75, 3.05) is 11.5 Å². The summed E-state index contributed by atoms with van der Waals surface area (Å²) in [6, 6.07) is 45.8. The Hall–Kier alpha value is -5.48. The van der Waals surface area contributed by atoms with Gasteiger partial charge in [0, 0.05) is 0 Å². The van der Waals surface area contributed by atoms with E-state index in [1.165, 1.54) is 22.3 Å². The summed E-state index contributed by atoms with van der Waals surface area (Å²) in [5.41, 5.74) is 22.4. The van der Waals surface area contributed by atoms with Gasteiger partial charge in [-0.05, 0) is 94.8 Å². The van der Waals surface area contributed by atoms with Crippen LogP contribution in [0.1, 0.15) is 33.4 Å². The Balaban J connectivity index is 1.36. The molecule has 0 aromatic heterocycles. The summed E-state index contributed by atoms with van der Waals surface area (Å²) >= 11 is 0. The second kappa shape index (κ2) is 10.4. The number of anilines is 2. The van der Waals surface area contributed by atoms with Gasteiger partial charge in [-0.15, -0.1) is 0 Å². The van der Waals surface area contributed by atoms with Gasteiger partial charge in [0.05, 0.1) is 16.8 Å². The molecule has 1 aliphatic rings. The van der Waals surface area contributed by atoms with Gasteiger partial charge in [-0.2, -0.15) is 0 Å². The van der Waals surface area contributed by atoms with Crippen LogP contribution in [-0.2, 0) is 5.41 Å². The number of fused-ring (bicyclic) bond motifs is 3. The lowest BCUT2D eigenvalue weighted by atomic mass is 9.68. The Bertz CT molecular complexity index is 1780. The average Bonchev–Trinajstić information content (AvgIpc) is 3.33. The lowest BCUT2D eigenvalue weighted by Gasteiger charge is -2.34. The highest BCUT2D eigenvalue weighted by atomic mass is 16.5. The molecule has 6 aromatic rings. The van der Waals surface area contributed by atoms with Crippen molar-refractivity contribution in [3.8, 4) is 34.1 Å². The van der Waals surface area contributed by atoms with E-state index in [9.17, 15) is 0 Å². The van der Waals surface area contributed by atoms with Crippen molar-refractivity contribution in [1.82, 2.24) is 0 Å². The van der Waals surface area contributed by atoms with Gasteiger partial charge >= 0.3 is 0 Å². The van der Waals surface area contributed by atoms with Gasteiger partial charge in [-0.1, -0.05) is 97.1 Å². The molecule has 0 fully saturated rings. The molecule has 4 heteroatoms. The first kappa shape index (κ1) is 26.4. The third-order valence-electron chi connectivity index (χ3n) is 8.45. The van der Waals surface area contributed by atoms with E-state index in [0.29, 0.717) is 22.9 Å². The topological polar surface area (TPSA) is 70.5 Å². The normalized spacial score (nSPS) is 12.8. The third kappa shape index (κ3) is 4.31. The van der Waals surface area contributed by atoms with E-state index in [4.69, 9.17) is 20.9 Å². The highest BCUT2D eigenvalue weighted by Crippen LogP contribution is 2.56. The fourth-order valence-electron chi connectivity index (χ4n) is 6.43. The largest absolute Gasteiger partial charge is 0.455 e. The zero-order valence-corrected chi connectivity index (χ0v) is 24.2. The minimum absolute atomic E-state index is 0.534. The van der Waals surface area contributed by atoms with E-state index in [1.54, 1.807) is 0 Å². The van der Waals surface area contributed by atoms with E-state index in [0.717, 1.165) is 33.8 Å². The summed E-state index contributed by atoms with van der Waals surface area (Å²) in [5.74, 6) is 2.84. The van der Waals surface area contributed by atoms with Crippen molar-refractivity contribution in [1.29, 1.82) is 0 Å². The number of aryl methyl sites for hydroxylation is 2. The number of benzene rings is 6. The van der Waals surface area contributed by atoms with Crippen LogP contribution in [0, 0.1) is 13.8 Å². The van der Waals surface area contributed by atoms with Crippen LogP contribution >= 0.6 is 0 Å². The van der Waals surface area contributed by atoms with Crippen molar-refractivity contribution < 1.29 is 9.47 Å². The summed E-state index contributed by atoms with van der Waals surface area (Å²) < 4.78 is 12.5. The molecule has 0 heterocycles. The van der Waals surface area contributed by atoms with Crippen LogP contribution in [0.25, 0.3) is 11.1 Å². The Morgan fingerprint density at radius 2 is 0.837 bits per heavy atom. The van der Waals surface area contributed by atoms with Gasteiger partial charge < -0.3 is 20.9 Å². The first-order chi connectivity index (χ1) is 21.0. The van der Waals surface area contributed by atoms with Gasteiger partial charge in [0.15, 0.2) is 11.5 Å². The third-order valence-corrected chi connectivity index (χ3v) is 8.45. The van der Waals surface area contributed by atoms with Gasteiger partial charge in [0.2, 0.25) is 0 Å². The second-order valence-electron chi connectivity index (χ2n) is 11.1. The van der Waals surface area contributed by atoms with Crippen LogP contribution in [0.5, 0.6) is 23.0 Å². The quantitative estimate of drug-likeness (QED) is 0.199. The Kier molecular flexibility index (Phi) is 6.40. The van der Waals surface area contributed by atoms with Gasteiger partial charge in [0.1, 0.15) is 11.5 Å². The highest BCUT2D eigenvalue weighted by molar-refractivity contribution is 5.86. The summed E-state index contributed by atoms with van der Waals surface area (Å²) in [5, 5.41) is 0. The zero-order valence-electron chi connectivity index (χ0n) is 24.2. The standard InChI is InChI=1S/C39H32N2O2/c1-25-9-7-15-35(40)37(25)42-29-21-17-27(18-22-29)39(33-13-5-3-11-31(33)32-12-4-6-14-34(32)39)28-19-23-30(24-20-28)43-38-26(2)10-8-16-36(38)41/h3-24H,40-41H2,1-2H3. The van der Waals surface area contributed by atoms with Crippen molar-refractivity contribution >= 4 is 11.4 Å². The molecule has 4 N–H and O–H groups in total. The number of nitrogen functional groups attached to an aromatic ring is 2. The number of ether oxygens (including phenoxy) is 2. The molecule has 0 aliphatic heterocycles. The highest BCUT2D eigenvalue weighted by Gasteiger charge is 2.45. The Morgan fingerprint density at radius 1 is 0.442 bits per heavy atom. The molecule has 7 rings (SSSR count). The molecule has 1 aliphatic carbocycles. The van der Waals surface area contributed by atoms with Crippen LogP contribution in [0.3, 0.4) is 0 Å². The summed E-state index contributed by atoms with van der Waals surface area (Å²) in [6.07, 6.45) is 0. The molecule has 0 bridgehead atoms. The maximum absolute atomic E-state index is 6.27. The fourth-order valence-corrected chi connectivity index (χ4v) is 6.43. The van der Waals surface area contributed by atoms with Crippen LogP contribution in [0.15, 0.2) is 133 Å². The number of nitrogens with two attached hydrogens (primary N) is 2. The molecule has 0 saturated heterocycles. The number of hydrogen-bond donors (Lipinski definition) is 2. The van der Waals surface area contributed by atoms with E-state index < -0.39 is 5.41 Å². The predicted molar refractivity (Wildman–Crippen MR) is 175 cm³/mol. The number of para-hydroxylation sites is 2. The van der Waals surface area contributed by atoms with E-state index in [1.807, 2.05) is 74.5 Å². The van der Waals surface area contributed by atoms with Crippen molar-refractivity contribution in [2.45, 2.75) is 19.3 Å². The summed E-state index contributed by atoms with van der Waals surface area (Å²) in [4.78, 5) is 0.